The second-order valence-corrected chi connectivity index (χ2v) is 7.49. The zero-order chi connectivity index (χ0) is 20.8. The fourth-order valence-electron chi connectivity index (χ4n) is 3.87. The van der Waals surface area contributed by atoms with E-state index in [2.05, 4.69) is 5.32 Å². The van der Waals surface area contributed by atoms with Gasteiger partial charge in [0.05, 0.1) is 31.4 Å². The van der Waals surface area contributed by atoms with Gasteiger partial charge in [-0.1, -0.05) is 0 Å². The Morgan fingerprint density at radius 2 is 1.72 bits per heavy atom. The van der Waals surface area contributed by atoms with Crippen molar-refractivity contribution in [3.8, 4) is 5.75 Å². The highest BCUT2D eigenvalue weighted by molar-refractivity contribution is 7.80. The summed E-state index contributed by atoms with van der Waals surface area (Å²) in [7, 11) is 2.70. The molecule has 0 radical (unpaired) electrons. The molecule has 29 heavy (non-hydrogen) atoms. The van der Waals surface area contributed by atoms with Crippen LogP contribution in [0.25, 0.3) is 0 Å². The predicted octanol–water partition coefficient (Wildman–Crippen LogP) is 3.19. The molecule has 2 aliphatic heterocycles. The van der Waals surface area contributed by atoms with Gasteiger partial charge in [0.15, 0.2) is 10.8 Å². The smallest absolute Gasteiger partial charge is 0.337 e. The molecule has 0 aromatic heterocycles. The summed E-state index contributed by atoms with van der Waals surface area (Å²) in [6.07, 6.45) is 0.615. The van der Waals surface area contributed by atoms with Crippen LogP contribution in [0.3, 0.4) is 0 Å². The minimum atomic E-state index is -0.723. The molecule has 0 unspecified atom stereocenters. The van der Waals surface area contributed by atoms with Crippen molar-refractivity contribution in [3.05, 3.63) is 59.2 Å². The topological polar surface area (TPSA) is 77.1 Å². The van der Waals surface area contributed by atoms with Gasteiger partial charge in [-0.15, -0.1) is 0 Å². The van der Waals surface area contributed by atoms with Crippen LogP contribution in [0, 0.1) is 0 Å². The summed E-state index contributed by atoms with van der Waals surface area (Å²) in [5.41, 5.74) is 1.87. The largest absolute Gasteiger partial charge is 0.467 e. The molecule has 1 saturated heterocycles. The van der Waals surface area contributed by atoms with E-state index in [4.69, 9.17) is 26.4 Å². The summed E-state index contributed by atoms with van der Waals surface area (Å²) in [5, 5.41) is 3.85. The van der Waals surface area contributed by atoms with E-state index in [1.54, 1.807) is 30.3 Å². The van der Waals surface area contributed by atoms with Crippen LogP contribution in [0.4, 0.5) is 5.69 Å². The van der Waals surface area contributed by atoms with Crippen molar-refractivity contribution < 1.29 is 23.8 Å². The highest BCUT2D eigenvalue weighted by Crippen LogP contribution is 2.45. The molecule has 2 heterocycles. The fraction of sp³-hybridized carbons (Fsp3) is 0.286. The van der Waals surface area contributed by atoms with E-state index >= 15 is 0 Å². The number of benzene rings is 2. The average Bonchev–Trinajstić information content (AvgIpc) is 2.72. The molecule has 0 spiro atoms. The molecular formula is C21H20N2O5S. The number of ether oxygens (including phenoxy) is 3. The van der Waals surface area contributed by atoms with Crippen LogP contribution in [-0.4, -0.2) is 37.0 Å². The number of hydrogen-bond donors (Lipinski definition) is 1. The maximum Gasteiger partial charge on any atom is 0.337 e. The van der Waals surface area contributed by atoms with Gasteiger partial charge in [-0.3, -0.25) is 4.90 Å². The van der Waals surface area contributed by atoms with Crippen molar-refractivity contribution in [2.45, 2.75) is 25.1 Å². The molecule has 2 atom stereocenters. The normalized spacial score (nSPS) is 22.1. The number of nitrogens with zero attached hydrogens (tertiary/aromatic N) is 1. The van der Waals surface area contributed by atoms with Crippen LogP contribution in [0.5, 0.6) is 5.75 Å². The number of carbonyl (C=O) groups excluding carboxylic acids is 2. The van der Waals surface area contributed by atoms with Crippen molar-refractivity contribution in [2.24, 2.45) is 0 Å². The first kappa shape index (κ1) is 19.2. The van der Waals surface area contributed by atoms with Crippen molar-refractivity contribution in [1.82, 2.24) is 5.32 Å². The molecule has 2 bridgehead atoms. The van der Waals surface area contributed by atoms with Gasteiger partial charge in [0.2, 0.25) is 0 Å². The molecule has 2 aromatic rings. The second kappa shape index (κ2) is 7.04. The minimum Gasteiger partial charge on any atom is -0.467 e. The van der Waals surface area contributed by atoms with E-state index in [0.717, 1.165) is 11.3 Å². The SMILES string of the molecule is COC(=O)c1ccc(N2C(=S)N[C@H]3C[C@@]2(C)Oc2ccc(C(=O)OC)cc23)cc1. The molecule has 0 aliphatic carbocycles. The molecule has 8 heteroatoms. The van der Waals surface area contributed by atoms with E-state index in [9.17, 15) is 9.59 Å². The van der Waals surface area contributed by atoms with Crippen LogP contribution >= 0.6 is 12.2 Å². The number of anilines is 1. The molecule has 0 amide bonds. The Labute approximate surface area is 173 Å². The lowest BCUT2D eigenvalue weighted by molar-refractivity contribution is 0.0494. The highest BCUT2D eigenvalue weighted by Gasteiger charge is 2.48. The summed E-state index contributed by atoms with van der Waals surface area (Å²) in [4.78, 5) is 25.5. The average molecular weight is 412 g/mol. The molecule has 7 nitrogen and oxygen atoms in total. The van der Waals surface area contributed by atoms with Crippen molar-refractivity contribution in [2.75, 3.05) is 19.1 Å². The third kappa shape index (κ3) is 3.19. The van der Waals surface area contributed by atoms with E-state index < -0.39 is 17.7 Å². The maximum absolute atomic E-state index is 11.9. The number of thiocarbonyl (C=S) groups is 1. The molecule has 1 fully saturated rings. The summed E-state index contributed by atoms with van der Waals surface area (Å²) < 4.78 is 15.9. The van der Waals surface area contributed by atoms with Gasteiger partial charge >= 0.3 is 11.9 Å². The molecule has 2 aliphatic rings. The Kier molecular flexibility index (Phi) is 4.66. The number of rotatable bonds is 3. The Bertz CT molecular complexity index is 1010. The highest BCUT2D eigenvalue weighted by atomic mass is 32.1. The van der Waals surface area contributed by atoms with Crippen molar-refractivity contribution in [3.63, 3.8) is 0 Å². The van der Waals surface area contributed by atoms with Gasteiger partial charge in [0, 0.05) is 17.7 Å². The monoisotopic (exact) mass is 412 g/mol. The lowest BCUT2D eigenvalue weighted by atomic mass is 9.89. The fourth-order valence-corrected chi connectivity index (χ4v) is 4.32. The molecular weight excluding hydrogens is 392 g/mol. The third-order valence-electron chi connectivity index (χ3n) is 5.24. The van der Waals surface area contributed by atoms with E-state index in [0.29, 0.717) is 28.4 Å². The van der Waals surface area contributed by atoms with Crippen molar-refractivity contribution >= 4 is 35.0 Å². The first-order valence-electron chi connectivity index (χ1n) is 9.06. The van der Waals surface area contributed by atoms with Crippen molar-refractivity contribution in [1.29, 1.82) is 0 Å². The molecule has 4 rings (SSSR count). The van der Waals surface area contributed by atoms with Gasteiger partial charge in [-0.05, 0) is 61.6 Å². The van der Waals surface area contributed by atoms with E-state index in [1.165, 1.54) is 14.2 Å². The first-order valence-corrected chi connectivity index (χ1v) is 9.47. The quantitative estimate of drug-likeness (QED) is 0.608. The summed E-state index contributed by atoms with van der Waals surface area (Å²) >= 11 is 5.63. The molecule has 1 N–H and O–H groups in total. The molecule has 150 valence electrons. The van der Waals surface area contributed by atoms with Crippen LogP contribution in [0.2, 0.25) is 0 Å². The Morgan fingerprint density at radius 1 is 1.10 bits per heavy atom. The number of hydrogen-bond acceptors (Lipinski definition) is 6. The van der Waals surface area contributed by atoms with Gasteiger partial charge in [0.1, 0.15) is 5.75 Å². The van der Waals surface area contributed by atoms with Crippen LogP contribution in [0.15, 0.2) is 42.5 Å². The standard InChI is InChI=1S/C21H20N2O5S/c1-21-11-16(15-10-13(19(25)27-3)6-9-17(15)28-21)22-20(29)23(21)14-7-4-12(5-8-14)18(24)26-2/h4-10,16H,11H2,1-3H3,(H,22,29)/t16-,21+/m0/s1. The van der Waals surface area contributed by atoms with E-state index in [1.807, 2.05) is 24.0 Å². The zero-order valence-corrected chi connectivity index (χ0v) is 17.0. The van der Waals surface area contributed by atoms with Gasteiger partial charge < -0.3 is 19.5 Å². The van der Waals surface area contributed by atoms with Gasteiger partial charge in [-0.25, -0.2) is 9.59 Å². The lowest BCUT2D eigenvalue weighted by Crippen LogP contribution is -2.65. The van der Waals surface area contributed by atoms with E-state index in [-0.39, 0.29) is 6.04 Å². The van der Waals surface area contributed by atoms with Gasteiger partial charge in [0.25, 0.3) is 0 Å². The molecule has 0 saturated carbocycles. The van der Waals surface area contributed by atoms with Crippen LogP contribution < -0.4 is 15.0 Å². The number of methoxy groups -OCH3 is 2. The number of nitrogens with one attached hydrogen (secondary N) is 1. The lowest BCUT2D eigenvalue weighted by Gasteiger charge is -2.52. The number of fused-ring (bicyclic) bond motifs is 4. The summed E-state index contributed by atoms with van der Waals surface area (Å²) in [6, 6.07) is 12.2. The zero-order valence-electron chi connectivity index (χ0n) is 16.2. The predicted molar refractivity (Wildman–Crippen MR) is 110 cm³/mol. The summed E-state index contributed by atoms with van der Waals surface area (Å²) in [5.74, 6) is -0.110. The maximum atomic E-state index is 11.9. The number of carbonyl (C=O) groups is 2. The Balaban J connectivity index is 1.69. The number of esters is 2. The van der Waals surface area contributed by atoms with Crippen LogP contribution in [0.1, 0.15) is 45.7 Å². The third-order valence-corrected chi connectivity index (χ3v) is 5.54. The summed E-state index contributed by atoms with van der Waals surface area (Å²) in [6.45, 7) is 1.97. The minimum absolute atomic E-state index is 0.0913. The second-order valence-electron chi connectivity index (χ2n) is 7.10. The Morgan fingerprint density at radius 3 is 2.38 bits per heavy atom. The first-order chi connectivity index (χ1) is 13.9. The Hall–Kier alpha value is -3.13. The van der Waals surface area contributed by atoms with Crippen LogP contribution in [-0.2, 0) is 9.47 Å². The van der Waals surface area contributed by atoms with Gasteiger partial charge in [-0.2, -0.15) is 0 Å². The molecule has 2 aromatic carbocycles.